The zero-order valence-electron chi connectivity index (χ0n) is 13.3. The van der Waals surface area contributed by atoms with Crippen molar-refractivity contribution in [2.75, 3.05) is 19.3 Å². The first-order chi connectivity index (χ1) is 10.8. The number of sulfonamides is 1. The van der Waals surface area contributed by atoms with Crippen molar-refractivity contribution in [3.63, 3.8) is 0 Å². The maximum atomic E-state index is 12.9. The number of piperidine rings is 1. The molecule has 2 amide bonds. The van der Waals surface area contributed by atoms with Crippen LogP contribution in [-0.4, -0.2) is 44.1 Å². The molecule has 1 aliphatic rings. The van der Waals surface area contributed by atoms with Gasteiger partial charge in [0.25, 0.3) is 0 Å². The molecule has 1 aromatic rings. The summed E-state index contributed by atoms with van der Waals surface area (Å²) in [6.45, 7) is 2.65. The molecule has 0 aromatic heterocycles. The first-order valence-electron chi connectivity index (χ1n) is 7.53. The first-order valence-corrected chi connectivity index (χ1v) is 9.38. The van der Waals surface area contributed by atoms with Gasteiger partial charge >= 0.3 is 6.03 Å². The Kier molecular flexibility index (Phi) is 5.59. The highest BCUT2D eigenvalue weighted by molar-refractivity contribution is 7.88. The summed E-state index contributed by atoms with van der Waals surface area (Å²) in [6, 6.07) is 5.37. The molecular formula is C15H22FN3O3S. The van der Waals surface area contributed by atoms with Crippen LogP contribution in [0.1, 0.15) is 31.4 Å². The van der Waals surface area contributed by atoms with Gasteiger partial charge in [-0.05, 0) is 37.5 Å². The summed E-state index contributed by atoms with van der Waals surface area (Å²) < 4.78 is 37.2. The molecule has 1 atom stereocenters. The Morgan fingerprint density at radius 1 is 1.26 bits per heavy atom. The summed E-state index contributed by atoms with van der Waals surface area (Å²) in [5.74, 6) is -0.317. The Morgan fingerprint density at radius 3 is 2.35 bits per heavy atom. The Hall–Kier alpha value is -1.67. The maximum absolute atomic E-state index is 12.9. The number of urea groups is 1. The topological polar surface area (TPSA) is 78.5 Å². The van der Waals surface area contributed by atoms with E-state index in [2.05, 4.69) is 10.6 Å². The Bertz CT molecular complexity index is 640. The van der Waals surface area contributed by atoms with Gasteiger partial charge in [-0.3, -0.25) is 0 Å². The van der Waals surface area contributed by atoms with Crippen molar-refractivity contribution in [3.05, 3.63) is 35.6 Å². The van der Waals surface area contributed by atoms with Crippen LogP contribution in [0.15, 0.2) is 24.3 Å². The molecule has 0 radical (unpaired) electrons. The van der Waals surface area contributed by atoms with Crippen LogP contribution in [0.25, 0.3) is 0 Å². The van der Waals surface area contributed by atoms with E-state index in [-0.39, 0.29) is 23.9 Å². The van der Waals surface area contributed by atoms with E-state index in [4.69, 9.17) is 0 Å². The van der Waals surface area contributed by atoms with E-state index in [0.29, 0.717) is 25.9 Å². The van der Waals surface area contributed by atoms with Gasteiger partial charge in [0, 0.05) is 19.1 Å². The van der Waals surface area contributed by atoms with Gasteiger partial charge in [0.1, 0.15) is 5.82 Å². The summed E-state index contributed by atoms with van der Waals surface area (Å²) in [6.07, 6.45) is 2.37. The highest BCUT2D eigenvalue weighted by Crippen LogP contribution is 2.15. The van der Waals surface area contributed by atoms with Gasteiger partial charge in [0.15, 0.2) is 0 Å². The predicted molar refractivity (Wildman–Crippen MR) is 85.9 cm³/mol. The van der Waals surface area contributed by atoms with E-state index in [1.807, 2.05) is 6.92 Å². The van der Waals surface area contributed by atoms with Gasteiger partial charge < -0.3 is 10.6 Å². The van der Waals surface area contributed by atoms with Crippen LogP contribution < -0.4 is 10.6 Å². The molecule has 0 bridgehead atoms. The minimum Gasteiger partial charge on any atom is -0.335 e. The Morgan fingerprint density at radius 2 is 1.83 bits per heavy atom. The van der Waals surface area contributed by atoms with Crippen molar-refractivity contribution in [1.29, 1.82) is 0 Å². The van der Waals surface area contributed by atoms with E-state index >= 15 is 0 Å². The molecule has 1 aromatic carbocycles. The Balaban J connectivity index is 1.80. The lowest BCUT2D eigenvalue weighted by Gasteiger charge is -2.31. The number of amides is 2. The fourth-order valence-corrected chi connectivity index (χ4v) is 3.46. The minimum atomic E-state index is -3.16. The van der Waals surface area contributed by atoms with Crippen molar-refractivity contribution in [2.45, 2.75) is 31.8 Å². The third-order valence-electron chi connectivity index (χ3n) is 3.98. The van der Waals surface area contributed by atoms with Gasteiger partial charge in [0.2, 0.25) is 10.0 Å². The van der Waals surface area contributed by atoms with Crippen molar-refractivity contribution in [2.24, 2.45) is 0 Å². The van der Waals surface area contributed by atoms with Crippen LogP contribution in [-0.2, 0) is 10.0 Å². The number of hydrogen-bond donors (Lipinski definition) is 2. The van der Waals surface area contributed by atoms with E-state index in [9.17, 15) is 17.6 Å². The number of nitrogens with one attached hydrogen (secondary N) is 2. The second-order valence-corrected chi connectivity index (χ2v) is 7.81. The molecule has 1 aliphatic heterocycles. The number of rotatable bonds is 4. The summed E-state index contributed by atoms with van der Waals surface area (Å²) in [5.41, 5.74) is 0.813. The van der Waals surface area contributed by atoms with E-state index in [1.165, 1.54) is 22.7 Å². The summed E-state index contributed by atoms with van der Waals surface area (Å²) in [7, 11) is -3.16. The van der Waals surface area contributed by atoms with Crippen LogP contribution in [0.4, 0.5) is 9.18 Å². The molecule has 6 nitrogen and oxygen atoms in total. The number of benzene rings is 1. The zero-order valence-corrected chi connectivity index (χ0v) is 14.1. The van der Waals surface area contributed by atoms with Gasteiger partial charge in [-0.1, -0.05) is 12.1 Å². The van der Waals surface area contributed by atoms with E-state index < -0.39 is 10.0 Å². The third-order valence-corrected chi connectivity index (χ3v) is 5.28. The van der Waals surface area contributed by atoms with Crippen molar-refractivity contribution in [3.8, 4) is 0 Å². The molecule has 1 saturated heterocycles. The molecule has 2 N–H and O–H groups in total. The SMILES string of the molecule is C[C@@H](NC(=O)NC1CCN(S(C)(=O)=O)CC1)c1ccc(F)cc1. The van der Waals surface area contributed by atoms with Crippen molar-refractivity contribution >= 4 is 16.1 Å². The fraction of sp³-hybridized carbons (Fsp3) is 0.533. The average Bonchev–Trinajstić information content (AvgIpc) is 2.47. The standard InChI is InChI=1S/C15H22FN3O3S/c1-11(12-3-5-13(16)6-4-12)17-15(20)18-14-7-9-19(10-8-14)23(2,21)22/h3-6,11,14H,7-10H2,1-2H3,(H2,17,18,20)/t11-/m1/s1. The molecular weight excluding hydrogens is 321 g/mol. The average molecular weight is 343 g/mol. The van der Waals surface area contributed by atoms with Crippen molar-refractivity contribution in [1.82, 2.24) is 14.9 Å². The lowest BCUT2D eigenvalue weighted by Crippen LogP contribution is -2.49. The van der Waals surface area contributed by atoms with Crippen LogP contribution in [0.2, 0.25) is 0 Å². The highest BCUT2D eigenvalue weighted by Gasteiger charge is 2.25. The van der Waals surface area contributed by atoms with Gasteiger partial charge in [-0.25, -0.2) is 21.9 Å². The molecule has 0 spiro atoms. The van der Waals surface area contributed by atoms with Crippen LogP contribution in [0.3, 0.4) is 0 Å². The van der Waals surface area contributed by atoms with Crippen molar-refractivity contribution < 1.29 is 17.6 Å². The molecule has 1 fully saturated rings. The molecule has 0 saturated carbocycles. The van der Waals surface area contributed by atoms with E-state index in [0.717, 1.165) is 5.56 Å². The second-order valence-electron chi connectivity index (χ2n) is 5.83. The summed E-state index contributed by atoms with van der Waals surface area (Å²) in [4.78, 5) is 12.0. The first kappa shape index (κ1) is 17.7. The fourth-order valence-electron chi connectivity index (χ4n) is 2.59. The normalized spacial score (nSPS) is 18.4. The zero-order chi connectivity index (χ0) is 17.0. The van der Waals surface area contributed by atoms with Crippen LogP contribution in [0.5, 0.6) is 0 Å². The highest BCUT2D eigenvalue weighted by atomic mass is 32.2. The molecule has 1 heterocycles. The maximum Gasteiger partial charge on any atom is 0.315 e. The monoisotopic (exact) mass is 343 g/mol. The van der Waals surface area contributed by atoms with Gasteiger partial charge in [-0.2, -0.15) is 0 Å². The van der Waals surface area contributed by atoms with Crippen LogP contribution >= 0.6 is 0 Å². The van der Waals surface area contributed by atoms with Crippen LogP contribution in [0, 0.1) is 5.82 Å². The lowest BCUT2D eigenvalue weighted by molar-refractivity contribution is 0.225. The molecule has 0 unspecified atom stereocenters. The number of halogens is 1. The molecule has 128 valence electrons. The second kappa shape index (κ2) is 7.27. The van der Waals surface area contributed by atoms with Gasteiger partial charge in [0.05, 0.1) is 12.3 Å². The smallest absolute Gasteiger partial charge is 0.315 e. The predicted octanol–water partition coefficient (Wildman–Crippen LogP) is 1.61. The quantitative estimate of drug-likeness (QED) is 0.872. The number of nitrogens with zero attached hydrogens (tertiary/aromatic N) is 1. The third kappa shape index (κ3) is 5.18. The Labute approximate surface area is 136 Å². The minimum absolute atomic E-state index is 0.0478. The number of carbonyl (C=O) groups excluding carboxylic acids is 1. The van der Waals surface area contributed by atoms with Gasteiger partial charge in [-0.15, -0.1) is 0 Å². The molecule has 0 aliphatic carbocycles. The summed E-state index contributed by atoms with van der Waals surface area (Å²) >= 11 is 0. The molecule has 8 heteroatoms. The molecule has 23 heavy (non-hydrogen) atoms. The number of carbonyl (C=O) groups is 1. The van der Waals surface area contributed by atoms with E-state index in [1.54, 1.807) is 12.1 Å². The molecule has 2 rings (SSSR count). The number of hydrogen-bond acceptors (Lipinski definition) is 3. The largest absolute Gasteiger partial charge is 0.335 e. The summed E-state index contributed by atoms with van der Waals surface area (Å²) in [5, 5.41) is 5.66. The lowest BCUT2D eigenvalue weighted by atomic mass is 10.1.